The van der Waals surface area contributed by atoms with Gasteiger partial charge >= 0.3 is 0 Å². The first-order valence-corrected chi connectivity index (χ1v) is 7.99. The number of benzene rings is 2. The monoisotopic (exact) mass is 331 g/mol. The van der Waals surface area contributed by atoms with Gasteiger partial charge in [0.25, 0.3) is 0 Å². The van der Waals surface area contributed by atoms with Crippen molar-refractivity contribution < 1.29 is 19.4 Å². The van der Waals surface area contributed by atoms with Crippen LogP contribution in [0, 0.1) is 5.82 Å². The van der Waals surface area contributed by atoms with Crippen molar-refractivity contribution in [2.45, 2.75) is 32.4 Å². The van der Waals surface area contributed by atoms with E-state index < -0.39 is 11.9 Å². The lowest BCUT2D eigenvalue weighted by Crippen LogP contribution is -2.32. The molecule has 0 saturated carbocycles. The van der Waals surface area contributed by atoms with Gasteiger partial charge in [-0.25, -0.2) is 4.39 Å². The van der Waals surface area contributed by atoms with Crippen molar-refractivity contribution in [2.24, 2.45) is 0 Å². The molecule has 0 spiro atoms. The van der Waals surface area contributed by atoms with Crippen molar-refractivity contribution in [3.8, 4) is 5.75 Å². The molecule has 1 amide bonds. The molecule has 0 aliphatic carbocycles. The zero-order chi connectivity index (χ0) is 17.5. The predicted molar refractivity (Wildman–Crippen MR) is 89.8 cm³/mol. The summed E-state index contributed by atoms with van der Waals surface area (Å²) in [4.78, 5) is 14.1. The molecule has 1 atom stereocenters. The van der Waals surface area contributed by atoms with Gasteiger partial charge < -0.3 is 15.1 Å². The molecule has 0 aromatic heterocycles. The minimum atomic E-state index is -1.06. The summed E-state index contributed by atoms with van der Waals surface area (Å²) in [7, 11) is 0. The van der Waals surface area contributed by atoms with E-state index in [2.05, 4.69) is 0 Å². The third kappa shape index (κ3) is 4.80. The second-order valence-electron chi connectivity index (χ2n) is 5.72. The molecular formula is C19H22FNO3. The molecule has 4 nitrogen and oxygen atoms in total. The van der Waals surface area contributed by atoms with E-state index in [4.69, 9.17) is 0 Å². The van der Waals surface area contributed by atoms with Gasteiger partial charge in [-0.1, -0.05) is 37.3 Å². The third-order valence-electron chi connectivity index (χ3n) is 3.80. The highest BCUT2D eigenvalue weighted by Gasteiger charge is 2.20. The van der Waals surface area contributed by atoms with Crippen molar-refractivity contribution in [1.29, 1.82) is 0 Å². The maximum Gasteiger partial charge on any atom is 0.225 e. The standard InChI is InChI=1S/C19H22FNO3/c1-2-10-21(13-15-6-3-4-9-17(15)22)19(24)12-18(23)14-7-5-8-16(20)11-14/h3-9,11,18,22-23H,2,10,12-13H2,1H3. The maximum atomic E-state index is 13.2. The van der Waals surface area contributed by atoms with Crippen molar-refractivity contribution in [2.75, 3.05) is 6.54 Å². The fraction of sp³-hybridized carbons (Fsp3) is 0.316. The normalized spacial score (nSPS) is 12.0. The molecule has 0 bridgehead atoms. The number of rotatable bonds is 7. The molecule has 0 aliphatic heterocycles. The van der Waals surface area contributed by atoms with Gasteiger partial charge in [0.05, 0.1) is 12.5 Å². The summed E-state index contributed by atoms with van der Waals surface area (Å²) in [6.07, 6.45) is -0.427. The Bertz CT molecular complexity index is 690. The number of para-hydroxylation sites is 1. The van der Waals surface area contributed by atoms with Gasteiger partial charge in [0.1, 0.15) is 11.6 Å². The largest absolute Gasteiger partial charge is 0.508 e. The number of phenols is 1. The van der Waals surface area contributed by atoms with E-state index in [1.54, 1.807) is 35.2 Å². The number of aromatic hydroxyl groups is 1. The van der Waals surface area contributed by atoms with Crippen LogP contribution < -0.4 is 0 Å². The van der Waals surface area contributed by atoms with Crippen LogP contribution in [0.1, 0.15) is 37.0 Å². The van der Waals surface area contributed by atoms with Crippen LogP contribution in [0.15, 0.2) is 48.5 Å². The van der Waals surface area contributed by atoms with Gasteiger partial charge in [0.2, 0.25) is 5.91 Å². The lowest BCUT2D eigenvalue weighted by Gasteiger charge is -2.24. The molecule has 0 radical (unpaired) electrons. The lowest BCUT2D eigenvalue weighted by atomic mass is 10.1. The topological polar surface area (TPSA) is 60.8 Å². The summed E-state index contributed by atoms with van der Waals surface area (Å²) in [5.74, 6) is -0.549. The molecule has 0 fully saturated rings. The first-order valence-electron chi connectivity index (χ1n) is 7.99. The Morgan fingerprint density at radius 2 is 1.96 bits per heavy atom. The van der Waals surface area contributed by atoms with Gasteiger partial charge in [0.15, 0.2) is 0 Å². The first kappa shape index (κ1) is 17.9. The second-order valence-corrected chi connectivity index (χ2v) is 5.72. The number of halogens is 1. The van der Waals surface area contributed by atoms with Crippen LogP contribution in [-0.4, -0.2) is 27.6 Å². The van der Waals surface area contributed by atoms with Gasteiger partial charge in [-0.15, -0.1) is 0 Å². The molecule has 0 heterocycles. The molecule has 24 heavy (non-hydrogen) atoms. The quantitative estimate of drug-likeness (QED) is 0.817. The van der Waals surface area contributed by atoms with Crippen LogP contribution in [0.2, 0.25) is 0 Å². The van der Waals surface area contributed by atoms with E-state index in [0.717, 1.165) is 6.42 Å². The Morgan fingerprint density at radius 3 is 2.62 bits per heavy atom. The molecule has 2 aromatic rings. The number of carbonyl (C=O) groups excluding carboxylic acids is 1. The molecule has 2 rings (SSSR count). The first-order chi connectivity index (χ1) is 11.5. The van der Waals surface area contributed by atoms with E-state index in [-0.39, 0.29) is 24.6 Å². The molecule has 2 aromatic carbocycles. The van der Waals surface area contributed by atoms with Crippen LogP contribution in [0.4, 0.5) is 4.39 Å². The number of aliphatic hydroxyl groups is 1. The van der Waals surface area contributed by atoms with Gasteiger partial charge in [-0.2, -0.15) is 0 Å². The summed E-state index contributed by atoms with van der Waals surface area (Å²) >= 11 is 0. The van der Waals surface area contributed by atoms with Crippen LogP contribution >= 0.6 is 0 Å². The minimum Gasteiger partial charge on any atom is -0.508 e. The summed E-state index contributed by atoms with van der Waals surface area (Å²) in [5.41, 5.74) is 1.03. The molecule has 128 valence electrons. The number of carbonyl (C=O) groups is 1. The highest BCUT2D eigenvalue weighted by atomic mass is 19.1. The average Bonchev–Trinajstić information content (AvgIpc) is 2.56. The zero-order valence-electron chi connectivity index (χ0n) is 13.7. The molecule has 0 aliphatic rings. The van der Waals surface area contributed by atoms with Gasteiger partial charge in [0, 0.05) is 18.7 Å². The maximum absolute atomic E-state index is 13.2. The fourth-order valence-electron chi connectivity index (χ4n) is 2.54. The second kappa shape index (κ2) is 8.45. The lowest BCUT2D eigenvalue weighted by molar-refractivity contribution is -0.134. The van der Waals surface area contributed by atoms with Crippen molar-refractivity contribution >= 4 is 5.91 Å². The number of phenolic OH excluding ortho intramolecular Hbond substituents is 1. The van der Waals surface area contributed by atoms with E-state index in [1.807, 2.05) is 6.92 Å². The molecular weight excluding hydrogens is 309 g/mol. The minimum absolute atomic E-state index is 0.128. The summed E-state index contributed by atoms with van der Waals surface area (Å²) < 4.78 is 13.2. The number of aliphatic hydroxyl groups excluding tert-OH is 1. The highest BCUT2D eigenvalue weighted by molar-refractivity contribution is 5.77. The summed E-state index contributed by atoms with van der Waals surface area (Å²) in [6, 6.07) is 12.5. The van der Waals surface area contributed by atoms with Crippen molar-refractivity contribution in [3.05, 3.63) is 65.5 Å². The van der Waals surface area contributed by atoms with Crippen LogP contribution in [0.3, 0.4) is 0 Å². The van der Waals surface area contributed by atoms with Crippen LogP contribution in [0.5, 0.6) is 5.75 Å². The van der Waals surface area contributed by atoms with Crippen molar-refractivity contribution in [3.63, 3.8) is 0 Å². The van der Waals surface area contributed by atoms with Crippen LogP contribution in [0.25, 0.3) is 0 Å². The smallest absolute Gasteiger partial charge is 0.225 e. The Kier molecular flexibility index (Phi) is 6.32. The molecule has 5 heteroatoms. The molecule has 0 saturated heterocycles. The van der Waals surface area contributed by atoms with Gasteiger partial charge in [-0.3, -0.25) is 4.79 Å². The number of nitrogens with zero attached hydrogens (tertiary/aromatic N) is 1. The average molecular weight is 331 g/mol. The fourth-order valence-corrected chi connectivity index (χ4v) is 2.54. The van der Waals surface area contributed by atoms with E-state index in [1.165, 1.54) is 18.2 Å². The zero-order valence-corrected chi connectivity index (χ0v) is 13.7. The predicted octanol–water partition coefficient (Wildman–Crippen LogP) is 3.39. The Labute approximate surface area is 141 Å². The highest BCUT2D eigenvalue weighted by Crippen LogP contribution is 2.22. The van der Waals surface area contributed by atoms with E-state index >= 15 is 0 Å². The molecule has 2 N–H and O–H groups in total. The van der Waals surface area contributed by atoms with E-state index in [0.29, 0.717) is 17.7 Å². The third-order valence-corrected chi connectivity index (χ3v) is 3.80. The Hall–Kier alpha value is -2.40. The Balaban J connectivity index is 2.07. The van der Waals surface area contributed by atoms with Crippen molar-refractivity contribution in [1.82, 2.24) is 4.90 Å². The number of amides is 1. The van der Waals surface area contributed by atoms with Crippen LogP contribution in [-0.2, 0) is 11.3 Å². The summed E-state index contributed by atoms with van der Waals surface area (Å²) in [6.45, 7) is 2.74. The Morgan fingerprint density at radius 1 is 1.21 bits per heavy atom. The SMILES string of the molecule is CCCN(Cc1ccccc1O)C(=O)CC(O)c1cccc(F)c1. The molecule has 1 unspecified atom stereocenters. The van der Waals surface area contributed by atoms with Gasteiger partial charge in [-0.05, 0) is 30.2 Å². The number of hydrogen-bond donors (Lipinski definition) is 2. The van der Waals surface area contributed by atoms with E-state index in [9.17, 15) is 19.4 Å². The summed E-state index contributed by atoms with van der Waals surface area (Å²) in [5, 5.41) is 20.1. The number of hydrogen-bond acceptors (Lipinski definition) is 3.